The van der Waals surface area contributed by atoms with Gasteiger partial charge in [-0.05, 0) is 20.3 Å². The molecule has 96 valence electrons. The van der Waals surface area contributed by atoms with Gasteiger partial charge in [-0.1, -0.05) is 43.7 Å². The molecule has 18 heavy (non-hydrogen) atoms. The number of nitrogens with zero attached hydrogens (tertiary/aromatic N) is 2. The van der Waals surface area contributed by atoms with E-state index in [2.05, 4.69) is 25.9 Å². The van der Waals surface area contributed by atoms with Gasteiger partial charge < -0.3 is 5.11 Å². The van der Waals surface area contributed by atoms with Crippen molar-refractivity contribution in [3.63, 3.8) is 0 Å². The van der Waals surface area contributed by atoms with Crippen LogP contribution in [0.5, 0.6) is 5.75 Å². The largest absolute Gasteiger partial charge is 0.504 e. The predicted octanol–water partition coefficient (Wildman–Crippen LogP) is 3.79. The summed E-state index contributed by atoms with van der Waals surface area (Å²) in [6.07, 6.45) is 1.79. The standard InChI is InChI=1S/C15H20N2O/c1-4-8-13-15(18)14(17(16-13)11(2)3)12-9-6-5-7-10-12/h5-7,9-11,18H,4,8H2,1-3H3. The lowest BCUT2D eigenvalue weighted by Gasteiger charge is -2.10. The SMILES string of the molecule is CCCc1nn(C(C)C)c(-c2ccccc2)c1O. The van der Waals surface area contributed by atoms with Crippen LogP contribution in [-0.4, -0.2) is 14.9 Å². The van der Waals surface area contributed by atoms with Crippen molar-refractivity contribution in [2.24, 2.45) is 0 Å². The monoisotopic (exact) mass is 244 g/mol. The van der Waals surface area contributed by atoms with Gasteiger partial charge >= 0.3 is 0 Å². The Balaban J connectivity index is 2.57. The van der Waals surface area contributed by atoms with Crippen molar-refractivity contribution >= 4 is 0 Å². The number of hydrogen-bond acceptors (Lipinski definition) is 2. The smallest absolute Gasteiger partial charge is 0.164 e. The van der Waals surface area contributed by atoms with Gasteiger partial charge in [-0.15, -0.1) is 0 Å². The normalized spacial score (nSPS) is 11.1. The second-order valence-electron chi connectivity index (χ2n) is 4.80. The average molecular weight is 244 g/mol. The van der Waals surface area contributed by atoms with Crippen LogP contribution < -0.4 is 0 Å². The van der Waals surface area contributed by atoms with E-state index in [4.69, 9.17) is 0 Å². The molecule has 0 aliphatic carbocycles. The van der Waals surface area contributed by atoms with Crippen molar-refractivity contribution < 1.29 is 5.11 Å². The Morgan fingerprint density at radius 1 is 1.22 bits per heavy atom. The molecule has 1 aromatic carbocycles. The summed E-state index contributed by atoms with van der Waals surface area (Å²) in [5, 5.41) is 14.9. The minimum Gasteiger partial charge on any atom is -0.504 e. The van der Waals surface area contributed by atoms with Crippen molar-refractivity contribution in [2.45, 2.75) is 39.7 Å². The van der Waals surface area contributed by atoms with Crippen molar-refractivity contribution in [1.29, 1.82) is 0 Å². The van der Waals surface area contributed by atoms with Gasteiger partial charge in [-0.25, -0.2) is 0 Å². The quantitative estimate of drug-likeness (QED) is 0.888. The van der Waals surface area contributed by atoms with Gasteiger partial charge in [0.25, 0.3) is 0 Å². The Hall–Kier alpha value is -1.77. The Bertz CT molecular complexity index is 515. The van der Waals surface area contributed by atoms with Crippen LogP contribution in [0.25, 0.3) is 11.3 Å². The minimum atomic E-state index is 0.233. The van der Waals surface area contributed by atoms with Gasteiger partial charge in [0, 0.05) is 11.6 Å². The maximum absolute atomic E-state index is 10.4. The first-order chi connectivity index (χ1) is 8.65. The molecule has 0 spiro atoms. The van der Waals surface area contributed by atoms with Crippen molar-refractivity contribution in [3.05, 3.63) is 36.0 Å². The second-order valence-corrected chi connectivity index (χ2v) is 4.80. The maximum Gasteiger partial charge on any atom is 0.164 e. The van der Waals surface area contributed by atoms with E-state index >= 15 is 0 Å². The molecule has 0 saturated heterocycles. The van der Waals surface area contributed by atoms with Crippen LogP contribution in [0.2, 0.25) is 0 Å². The van der Waals surface area contributed by atoms with E-state index in [1.54, 1.807) is 0 Å². The molecule has 0 bridgehead atoms. The minimum absolute atomic E-state index is 0.233. The van der Waals surface area contributed by atoms with Gasteiger partial charge in [-0.3, -0.25) is 4.68 Å². The zero-order valence-corrected chi connectivity index (χ0v) is 11.2. The summed E-state index contributed by atoms with van der Waals surface area (Å²) < 4.78 is 1.91. The third-order valence-corrected chi connectivity index (χ3v) is 2.98. The molecule has 0 aliphatic rings. The molecular formula is C15H20N2O. The van der Waals surface area contributed by atoms with Crippen molar-refractivity contribution in [1.82, 2.24) is 9.78 Å². The third-order valence-electron chi connectivity index (χ3n) is 2.98. The van der Waals surface area contributed by atoms with E-state index in [0.717, 1.165) is 29.8 Å². The van der Waals surface area contributed by atoms with Gasteiger partial charge in [0.1, 0.15) is 11.4 Å². The van der Waals surface area contributed by atoms with Gasteiger partial charge in [-0.2, -0.15) is 5.10 Å². The number of aromatic hydroxyl groups is 1. The van der Waals surface area contributed by atoms with Gasteiger partial charge in [0.2, 0.25) is 0 Å². The Morgan fingerprint density at radius 3 is 2.44 bits per heavy atom. The van der Waals surface area contributed by atoms with Crippen LogP contribution in [0.1, 0.15) is 38.9 Å². The lowest BCUT2D eigenvalue weighted by Crippen LogP contribution is -2.05. The molecule has 0 saturated carbocycles. The molecular weight excluding hydrogens is 224 g/mol. The Labute approximate surface area is 108 Å². The summed E-state index contributed by atoms with van der Waals surface area (Å²) in [7, 11) is 0. The fraction of sp³-hybridized carbons (Fsp3) is 0.400. The highest BCUT2D eigenvalue weighted by atomic mass is 16.3. The van der Waals surface area contributed by atoms with Crippen molar-refractivity contribution in [2.75, 3.05) is 0 Å². The van der Waals surface area contributed by atoms with Crippen LogP contribution in [0.4, 0.5) is 0 Å². The van der Waals surface area contributed by atoms with Crippen LogP contribution in [-0.2, 0) is 6.42 Å². The van der Waals surface area contributed by atoms with E-state index in [9.17, 15) is 5.11 Å². The molecule has 0 amide bonds. The van der Waals surface area contributed by atoms with Crippen molar-refractivity contribution in [3.8, 4) is 17.0 Å². The van der Waals surface area contributed by atoms with Crippen LogP contribution >= 0.6 is 0 Å². The zero-order valence-electron chi connectivity index (χ0n) is 11.2. The summed E-state index contributed by atoms with van der Waals surface area (Å²) in [5.41, 5.74) is 2.64. The summed E-state index contributed by atoms with van der Waals surface area (Å²) in [6.45, 7) is 6.25. The summed E-state index contributed by atoms with van der Waals surface area (Å²) in [5.74, 6) is 0.330. The molecule has 0 atom stereocenters. The average Bonchev–Trinajstić information content (AvgIpc) is 2.69. The molecule has 0 radical (unpaired) electrons. The van der Waals surface area contributed by atoms with E-state index < -0.39 is 0 Å². The zero-order chi connectivity index (χ0) is 13.1. The summed E-state index contributed by atoms with van der Waals surface area (Å²) in [6, 6.07) is 10.2. The first-order valence-corrected chi connectivity index (χ1v) is 6.51. The molecule has 2 rings (SSSR count). The first kappa shape index (κ1) is 12.7. The third kappa shape index (κ3) is 2.26. The maximum atomic E-state index is 10.4. The van der Waals surface area contributed by atoms with E-state index in [1.807, 2.05) is 35.0 Å². The number of hydrogen-bond donors (Lipinski definition) is 1. The number of aromatic nitrogens is 2. The topological polar surface area (TPSA) is 38.0 Å². The molecule has 1 aromatic heterocycles. The molecule has 0 aliphatic heterocycles. The fourth-order valence-electron chi connectivity index (χ4n) is 2.12. The highest BCUT2D eigenvalue weighted by molar-refractivity contribution is 5.67. The first-order valence-electron chi connectivity index (χ1n) is 6.51. The summed E-state index contributed by atoms with van der Waals surface area (Å²) >= 11 is 0. The second kappa shape index (κ2) is 5.25. The Kier molecular flexibility index (Phi) is 3.70. The Morgan fingerprint density at radius 2 is 1.89 bits per heavy atom. The van der Waals surface area contributed by atoms with Gasteiger partial charge in [0.15, 0.2) is 5.75 Å². The van der Waals surface area contributed by atoms with E-state index in [1.165, 1.54) is 0 Å². The van der Waals surface area contributed by atoms with Gasteiger partial charge in [0.05, 0.1) is 0 Å². The molecule has 0 unspecified atom stereocenters. The van der Waals surface area contributed by atoms with E-state index in [0.29, 0.717) is 5.75 Å². The number of benzene rings is 1. The molecule has 3 heteroatoms. The lowest BCUT2D eigenvalue weighted by atomic mass is 10.1. The van der Waals surface area contributed by atoms with E-state index in [-0.39, 0.29) is 6.04 Å². The van der Waals surface area contributed by atoms with Crippen LogP contribution in [0.15, 0.2) is 30.3 Å². The molecule has 1 heterocycles. The molecule has 3 nitrogen and oxygen atoms in total. The molecule has 2 aromatic rings. The highest BCUT2D eigenvalue weighted by Gasteiger charge is 2.19. The van der Waals surface area contributed by atoms with Crippen LogP contribution in [0, 0.1) is 0 Å². The highest BCUT2D eigenvalue weighted by Crippen LogP contribution is 2.34. The molecule has 0 fully saturated rings. The predicted molar refractivity (Wildman–Crippen MR) is 73.7 cm³/mol. The lowest BCUT2D eigenvalue weighted by molar-refractivity contribution is 0.468. The number of rotatable bonds is 4. The summed E-state index contributed by atoms with van der Waals surface area (Å²) in [4.78, 5) is 0. The fourth-order valence-corrected chi connectivity index (χ4v) is 2.12. The number of aryl methyl sites for hydroxylation is 1. The van der Waals surface area contributed by atoms with Crippen LogP contribution in [0.3, 0.4) is 0 Å². The molecule has 1 N–H and O–H groups in total.